The monoisotopic (exact) mass is 313 g/mol. The first-order valence-electron chi connectivity index (χ1n) is 6.50. The number of nitrogens with two attached hydrogens (primary N) is 1. The summed E-state index contributed by atoms with van der Waals surface area (Å²) in [6.45, 7) is 3.53. The van der Waals surface area contributed by atoms with Crippen LogP contribution in [-0.2, 0) is 9.84 Å². The Kier molecular flexibility index (Phi) is 4.88. The first kappa shape index (κ1) is 17.3. The van der Waals surface area contributed by atoms with Gasteiger partial charge in [0.05, 0.1) is 16.1 Å². The average Bonchev–Trinajstić information content (AvgIpc) is 2.34. The predicted molar refractivity (Wildman–Crippen MR) is 86.3 cm³/mol. The lowest BCUT2D eigenvalue weighted by atomic mass is 10.1. The summed E-state index contributed by atoms with van der Waals surface area (Å²) in [6, 6.07) is 4.93. The Labute approximate surface area is 126 Å². The van der Waals surface area contributed by atoms with Crippen molar-refractivity contribution in [3.63, 3.8) is 0 Å². The summed E-state index contributed by atoms with van der Waals surface area (Å²) < 4.78 is 22.4. The van der Waals surface area contributed by atoms with E-state index in [0.29, 0.717) is 16.9 Å². The van der Waals surface area contributed by atoms with Gasteiger partial charge in [0.25, 0.3) is 5.91 Å². The molecule has 0 saturated carbocycles. The summed E-state index contributed by atoms with van der Waals surface area (Å²) in [6.07, 6.45) is 1.21. The van der Waals surface area contributed by atoms with Crippen molar-refractivity contribution in [2.45, 2.75) is 18.6 Å². The fraction of sp³-hybridized carbons (Fsp3) is 0.500. The lowest BCUT2D eigenvalue weighted by molar-refractivity contribution is 0.0827. The van der Waals surface area contributed by atoms with Crippen LogP contribution in [-0.4, -0.2) is 50.9 Å². The standard InChI is InChI=1S/C14H23N3O3S/c1-14(2,21(5,19)20)9-16-12-7-6-10(8-11(12)15)13(18)17(3)4/h6-8,16H,9,15H2,1-5H3. The molecule has 6 nitrogen and oxygen atoms in total. The Morgan fingerprint density at radius 1 is 1.33 bits per heavy atom. The Hall–Kier alpha value is -1.76. The minimum Gasteiger partial charge on any atom is -0.397 e. The smallest absolute Gasteiger partial charge is 0.253 e. The molecule has 0 radical (unpaired) electrons. The molecule has 3 N–H and O–H groups in total. The van der Waals surface area contributed by atoms with Crippen molar-refractivity contribution >= 4 is 27.1 Å². The van der Waals surface area contributed by atoms with E-state index in [1.165, 1.54) is 11.2 Å². The van der Waals surface area contributed by atoms with Crippen molar-refractivity contribution in [3.8, 4) is 0 Å². The summed E-state index contributed by atoms with van der Waals surface area (Å²) in [4.78, 5) is 13.3. The van der Waals surface area contributed by atoms with Gasteiger partial charge in [-0.1, -0.05) is 0 Å². The molecular formula is C14H23N3O3S. The van der Waals surface area contributed by atoms with Crippen LogP contribution in [0.4, 0.5) is 11.4 Å². The second-order valence-corrected chi connectivity index (χ2v) is 8.54. The van der Waals surface area contributed by atoms with E-state index in [1.54, 1.807) is 46.1 Å². The van der Waals surface area contributed by atoms with Crippen molar-refractivity contribution in [1.82, 2.24) is 4.90 Å². The molecule has 0 fully saturated rings. The number of amides is 1. The number of carbonyl (C=O) groups is 1. The highest BCUT2D eigenvalue weighted by atomic mass is 32.2. The largest absolute Gasteiger partial charge is 0.397 e. The van der Waals surface area contributed by atoms with Crippen LogP contribution in [0.15, 0.2) is 18.2 Å². The summed E-state index contributed by atoms with van der Waals surface area (Å²) in [5.41, 5.74) is 7.43. The molecule has 0 saturated heterocycles. The van der Waals surface area contributed by atoms with E-state index in [0.717, 1.165) is 0 Å². The van der Waals surface area contributed by atoms with E-state index in [1.807, 2.05) is 0 Å². The Balaban J connectivity index is 2.90. The van der Waals surface area contributed by atoms with Gasteiger partial charge < -0.3 is 16.0 Å². The third kappa shape index (κ3) is 4.10. The number of nitrogens with one attached hydrogen (secondary N) is 1. The van der Waals surface area contributed by atoms with E-state index in [4.69, 9.17) is 5.73 Å². The first-order chi connectivity index (χ1) is 9.45. The maximum absolute atomic E-state index is 11.8. The van der Waals surface area contributed by atoms with E-state index < -0.39 is 14.6 Å². The molecule has 21 heavy (non-hydrogen) atoms. The molecule has 0 aliphatic carbocycles. The molecule has 0 aliphatic rings. The van der Waals surface area contributed by atoms with E-state index >= 15 is 0 Å². The summed E-state index contributed by atoms with van der Waals surface area (Å²) in [7, 11) is 0.150. The maximum atomic E-state index is 11.8. The van der Waals surface area contributed by atoms with Crippen LogP contribution >= 0.6 is 0 Å². The second-order valence-electron chi connectivity index (χ2n) is 5.89. The Morgan fingerprint density at radius 3 is 2.33 bits per heavy atom. The van der Waals surface area contributed by atoms with Crippen LogP contribution in [0.2, 0.25) is 0 Å². The van der Waals surface area contributed by atoms with Gasteiger partial charge in [0.15, 0.2) is 9.84 Å². The zero-order valence-electron chi connectivity index (χ0n) is 13.1. The molecule has 0 atom stereocenters. The molecule has 1 aromatic rings. The summed E-state index contributed by atoms with van der Waals surface area (Å²) >= 11 is 0. The van der Waals surface area contributed by atoms with E-state index in [-0.39, 0.29) is 12.5 Å². The molecule has 1 aromatic carbocycles. The van der Waals surface area contributed by atoms with Gasteiger partial charge in [0.2, 0.25) is 0 Å². The fourth-order valence-corrected chi connectivity index (χ4v) is 1.89. The molecule has 0 aromatic heterocycles. The number of sulfone groups is 1. The lowest BCUT2D eigenvalue weighted by Crippen LogP contribution is -2.38. The number of nitrogens with zero attached hydrogens (tertiary/aromatic N) is 1. The Bertz CT molecular complexity index is 637. The minimum atomic E-state index is -3.18. The number of rotatable bonds is 5. The van der Waals surface area contributed by atoms with Crippen LogP contribution in [0, 0.1) is 0 Å². The van der Waals surface area contributed by atoms with Gasteiger partial charge in [-0.05, 0) is 32.0 Å². The zero-order chi connectivity index (χ0) is 16.4. The van der Waals surface area contributed by atoms with Crippen LogP contribution in [0.25, 0.3) is 0 Å². The van der Waals surface area contributed by atoms with Gasteiger partial charge in [-0.2, -0.15) is 0 Å². The highest BCUT2D eigenvalue weighted by molar-refractivity contribution is 7.92. The number of hydrogen-bond acceptors (Lipinski definition) is 5. The Morgan fingerprint density at radius 2 is 1.90 bits per heavy atom. The van der Waals surface area contributed by atoms with Crippen LogP contribution in [0.1, 0.15) is 24.2 Å². The fourth-order valence-electron chi connectivity index (χ4n) is 1.55. The van der Waals surface area contributed by atoms with Crippen molar-refractivity contribution in [2.24, 2.45) is 0 Å². The van der Waals surface area contributed by atoms with Gasteiger partial charge in [0, 0.05) is 32.5 Å². The van der Waals surface area contributed by atoms with Gasteiger partial charge in [0.1, 0.15) is 0 Å². The number of hydrogen-bond donors (Lipinski definition) is 2. The SMILES string of the molecule is CN(C)C(=O)c1ccc(NCC(C)(C)S(C)(=O)=O)c(N)c1. The number of nitrogen functional groups attached to an aromatic ring is 1. The normalized spacial score (nSPS) is 12.0. The summed E-state index contributed by atoms with van der Waals surface area (Å²) in [5.74, 6) is -0.135. The minimum absolute atomic E-state index is 0.135. The lowest BCUT2D eigenvalue weighted by Gasteiger charge is -2.24. The number of carbonyl (C=O) groups excluding carboxylic acids is 1. The molecule has 0 bridgehead atoms. The molecule has 0 aliphatic heterocycles. The van der Waals surface area contributed by atoms with E-state index in [2.05, 4.69) is 5.32 Å². The molecule has 0 spiro atoms. The molecular weight excluding hydrogens is 290 g/mol. The molecule has 1 rings (SSSR count). The van der Waals surface area contributed by atoms with Gasteiger partial charge in [-0.25, -0.2) is 8.42 Å². The van der Waals surface area contributed by atoms with Gasteiger partial charge in [-0.3, -0.25) is 4.79 Å². The highest BCUT2D eigenvalue weighted by Gasteiger charge is 2.30. The molecule has 0 heterocycles. The van der Waals surface area contributed by atoms with Gasteiger partial charge in [-0.15, -0.1) is 0 Å². The van der Waals surface area contributed by atoms with Crippen molar-refractivity contribution < 1.29 is 13.2 Å². The van der Waals surface area contributed by atoms with Crippen LogP contribution < -0.4 is 11.1 Å². The van der Waals surface area contributed by atoms with Crippen molar-refractivity contribution in [3.05, 3.63) is 23.8 Å². The third-order valence-corrected chi connectivity index (χ3v) is 5.56. The number of anilines is 2. The zero-order valence-corrected chi connectivity index (χ0v) is 13.9. The molecule has 0 unspecified atom stereocenters. The maximum Gasteiger partial charge on any atom is 0.253 e. The average molecular weight is 313 g/mol. The summed E-state index contributed by atoms with van der Waals surface area (Å²) in [5, 5.41) is 3.03. The molecule has 1 amide bonds. The third-order valence-electron chi connectivity index (χ3n) is 3.41. The highest BCUT2D eigenvalue weighted by Crippen LogP contribution is 2.23. The van der Waals surface area contributed by atoms with Gasteiger partial charge >= 0.3 is 0 Å². The van der Waals surface area contributed by atoms with Crippen LogP contribution in [0.3, 0.4) is 0 Å². The second kappa shape index (κ2) is 5.93. The van der Waals surface area contributed by atoms with Crippen molar-refractivity contribution in [2.75, 3.05) is 37.9 Å². The predicted octanol–water partition coefficient (Wildman–Crippen LogP) is 1.21. The van der Waals surface area contributed by atoms with E-state index in [9.17, 15) is 13.2 Å². The quantitative estimate of drug-likeness (QED) is 0.797. The van der Waals surface area contributed by atoms with Crippen molar-refractivity contribution in [1.29, 1.82) is 0 Å². The molecule has 7 heteroatoms. The van der Waals surface area contributed by atoms with Crippen LogP contribution in [0.5, 0.6) is 0 Å². The molecule has 118 valence electrons. The topological polar surface area (TPSA) is 92.5 Å². The first-order valence-corrected chi connectivity index (χ1v) is 8.39. The number of benzene rings is 1.